The van der Waals surface area contributed by atoms with Gasteiger partial charge >= 0.3 is 5.97 Å². The first-order valence-electron chi connectivity index (χ1n) is 15.3. The number of carboxylic acid groups (broad SMARTS) is 1. The van der Waals surface area contributed by atoms with Crippen LogP contribution in [0.25, 0.3) is 20.7 Å². The van der Waals surface area contributed by atoms with E-state index < -0.39 is 11.8 Å². The Morgan fingerprint density at radius 2 is 1.98 bits per heavy atom. The van der Waals surface area contributed by atoms with Gasteiger partial charge in [0.2, 0.25) is 0 Å². The third-order valence-corrected chi connectivity index (χ3v) is 9.05. The molecular formula is C33H33FN10O3S2. The highest BCUT2D eigenvalue weighted by Gasteiger charge is 2.23. The smallest absolute Gasteiger partial charge is 0.355 e. The summed E-state index contributed by atoms with van der Waals surface area (Å²) in [7, 11) is 3.81. The lowest BCUT2D eigenvalue weighted by Crippen LogP contribution is -2.21. The molecular weight excluding hydrogens is 668 g/mol. The number of rotatable bonds is 15. The highest BCUT2D eigenvalue weighted by Crippen LogP contribution is 2.34. The Kier molecular flexibility index (Phi) is 11.9. The highest BCUT2D eigenvalue weighted by molar-refractivity contribution is 7.22. The fraction of sp³-hybridized carbons (Fsp3) is 0.303. The number of aromatic nitrogens is 4. The molecule has 5 rings (SSSR count). The molecule has 0 saturated heterocycles. The van der Waals surface area contributed by atoms with Gasteiger partial charge in [-0.1, -0.05) is 40.4 Å². The van der Waals surface area contributed by atoms with Gasteiger partial charge in [-0.05, 0) is 87.8 Å². The maximum atomic E-state index is 14.6. The molecule has 0 unspecified atom stereocenters. The van der Waals surface area contributed by atoms with Crippen LogP contribution in [0.1, 0.15) is 39.3 Å². The number of para-hydroxylation sites is 1. The van der Waals surface area contributed by atoms with Crippen LogP contribution >= 0.6 is 22.7 Å². The topological polar surface area (TPSA) is 165 Å². The van der Waals surface area contributed by atoms with Crippen molar-refractivity contribution in [2.24, 2.45) is 5.11 Å². The average Bonchev–Trinajstić information content (AvgIpc) is 3.69. The number of hydrogen-bond donors (Lipinski definition) is 2. The van der Waals surface area contributed by atoms with E-state index in [1.807, 2.05) is 56.3 Å². The van der Waals surface area contributed by atoms with Crippen LogP contribution in [0.3, 0.4) is 0 Å². The second kappa shape index (κ2) is 16.7. The van der Waals surface area contributed by atoms with Gasteiger partial charge in [0, 0.05) is 28.4 Å². The van der Waals surface area contributed by atoms with Gasteiger partial charge in [-0.25, -0.2) is 19.2 Å². The number of aromatic carboxylic acids is 1. The molecule has 2 N–H and O–H groups in total. The van der Waals surface area contributed by atoms with Gasteiger partial charge in [0.1, 0.15) is 0 Å². The molecule has 3 aromatic heterocycles. The van der Waals surface area contributed by atoms with E-state index in [0.717, 1.165) is 15.8 Å². The van der Waals surface area contributed by atoms with Crippen LogP contribution in [0.4, 0.5) is 26.3 Å². The summed E-state index contributed by atoms with van der Waals surface area (Å²) in [6.07, 6.45) is 1.23. The van der Waals surface area contributed by atoms with Gasteiger partial charge in [-0.3, -0.25) is 4.90 Å². The Morgan fingerprint density at radius 3 is 2.71 bits per heavy atom. The number of aryl methyl sites for hydroxylation is 2. The maximum Gasteiger partial charge on any atom is 0.355 e. The Labute approximate surface area is 290 Å². The van der Waals surface area contributed by atoms with Crippen molar-refractivity contribution in [1.82, 2.24) is 25.1 Å². The summed E-state index contributed by atoms with van der Waals surface area (Å²) in [5.41, 5.74) is 10.9. The third kappa shape index (κ3) is 9.40. The molecule has 0 aliphatic carbocycles. The SMILES string of the molecule is Cc1cc(N(CCCN=[N+]=[N-])c2nc(C(=O)O)c(CCCOc3ccc(C#CCN(C)C)cc3F)s2)nnc1Nc1nc2ccccc2s1. The van der Waals surface area contributed by atoms with E-state index in [2.05, 4.69) is 47.3 Å². The molecule has 0 spiro atoms. The van der Waals surface area contributed by atoms with Gasteiger partial charge in [0.05, 0.1) is 23.4 Å². The fourth-order valence-electron chi connectivity index (χ4n) is 4.61. The summed E-state index contributed by atoms with van der Waals surface area (Å²) in [4.78, 5) is 28.3. The van der Waals surface area contributed by atoms with E-state index in [0.29, 0.717) is 64.7 Å². The van der Waals surface area contributed by atoms with Crippen LogP contribution < -0.4 is 15.0 Å². The van der Waals surface area contributed by atoms with Crippen molar-refractivity contribution in [3.8, 4) is 17.6 Å². The predicted molar refractivity (Wildman–Crippen MR) is 190 cm³/mol. The standard InChI is InChI=1S/C33H33FN10O3S2/c1-21-19-28(40-41-30(21)39-32-37-24-10-4-5-11-26(24)48-32)44(17-8-15-36-42-35)33-38-29(31(45)46)27(49-33)12-7-18-47-25-14-13-22(20-23(25)34)9-6-16-43(2)3/h4-5,10-11,13-14,19-20H,7-8,12,15-18H2,1-3H3,(H,45,46)(H,37,39,41). The molecule has 16 heteroatoms. The zero-order chi connectivity index (χ0) is 34.8. The zero-order valence-electron chi connectivity index (χ0n) is 27.1. The summed E-state index contributed by atoms with van der Waals surface area (Å²) in [6, 6.07) is 14.2. The molecule has 0 fully saturated rings. The van der Waals surface area contributed by atoms with Crippen LogP contribution in [0.15, 0.2) is 53.6 Å². The number of nitrogens with one attached hydrogen (secondary N) is 1. The van der Waals surface area contributed by atoms with Crippen LogP contribution in [0.5, 0.6) is 5.75 Å². The molecule has 0 radical (unpaired) electrons. The van der Waals surface area contributed by atoms with Gasteiger partial charge in [0.15, 0.2) is 39.2 Å². The van der Waals surface area contributed by atoms with E-state index in [4.69, 9.17) is 10.3 Å². The number of ether oxygens (including phenoxy) is 1. The number of nitrogens with zero attached hydrogens (tertiary/aromatic N) is 9. The zero-order valence-corrected chi connectivity index (χ0v) is 28.7. The Hall–Kier alpha value is -5.33. The van der Waals surface area contributed by atoms with Gasteiger partial charge < -0.3 is 20.1 Å². The van der Waals surface area contributed by atoms with E-state index in [1.54, 1.807) is 17.0 Å². The number of azide groups is 1. The predicted octanol–water partition coefficient (Wildman–Crippen LogP) is 7.20. The number of carbonyl (C=O) groups is 1. The van der Waals surface area contributed by atoms with Crippen molar-refractivity contribution >= 4 is 60.8 Å². The van der Waals surface area contributed by atoms with Crippen molar-refractivity contribution in [3.63, 3.8) is 0 Å². The van der Waals surface area contributed by atoms with Crippen LogP contribution in [-0.4, -0.2) is 76.5 Å². The molecule has 49 heavy (non-hydrogen) atoms. The molecule has 3 heterocycles. The molecule has 5 aromatic rings. The molecule has 252 valence electrons. The molecule has 0 aliphatic rings. The van der Waals surface area contributed by atoms with E-state index >= 15 is 0 Å². The summed E-state index contributed by atoms with van der Waals surface area (Å²) in [5.74, 6) is 5.30. The minimum atomic E-state index is -1.16. The summed E-state index contributed by atoms with van der Waals surface area (Å²) >= 11 is 2.73. The number of thiazole rings is 2. The Bertz CT molecular complexity index is 2020. The third-order valence-electron chi connectivity index (χ3n) is 6.96. The maximum absolute atomic E-state index is 14.6. The molecule has 0 aliphatic heterocycles. The van der Waals surface area contributed by atoms with Gasteiger partial charge in [0.25, 0.3) is 0 Å². The highest BCUT2D eigenvalue weighted by atomic mass is 32.1. The van der Waals surface area contributed by atoms with Gasteiger partial charge in [-0.2, -0.15) is 0 Å². The summed E-state index contributed by atoms with van der Waals surface area (Å²) in [6.45, 7) is 3.20. The first kappa shape index (κ1) is 35.0. The van der Waals surface area contributed by atoms with E-state index in [-0.39, 0.29) is 24.6 Å². The lowest BCUT2D eigenvalue weighted by molar-refractivity contribution is 0.0690. The first-order valence-corrected chi connectivity index (χ1v) is 16.9. The Balaban J connectivity index is 1.29. The largest absolute Gasteiger partial charge is 0.491 e. The van der Waals surface area contributed by atoms with E-state index in [9.17, 15) is 14.3 Å². The quantitative estimate of drug-likeness (QED) is 0.0375. The normalized spacial score (nSPS) is 10.8. The number of carboxylic acids is 1. The molecule has 13 nitrogen and oxygen atoms in total. The second-order valence-electron chi connectivity index (χ2n) is 11.0. The first-order chi connectivity index (χ1) is 23.7. The van der Waals surface area contributed by atoms with Crippen molar-refractivity contribution in [2.45, 2.75) is 26.2 Å². The summed E-state index contributed by atoms with van der Waals surface area (Å²) < 4.78 is 21.3. The fourth-order valence-corrected chi connectivity index (χ4v) is 6.60. The minimum absolute atomic E-state index is 0.0781. The van der Waals surface area contributed by atoms with Crippen molar-refractivity contribution in [3.05, 3.63) is 86.5 Å². The van der Waals surface area contributed by atoms with Crippen LogP contribution in [0.2, 0.25) is 0 Å². The minimum Gasteiger partial charge on any atom is -0.491 e. The monoisotopic (exact) mass is 700 g/mol. The lowest BCUT2D eigenvalue weighted by atomic mass is 10.2. The summed E-state index contributed by atoms with van der Waals surface area (Å²) in [5, 5.41) is 26.8. The number of fused-ring (bicyclic) bond motifs is 1. The number of hydrogen-bond acceptors (Lipinski definition) is 12. The molecule has 2 aromatic carbocycles. The van der Waals surface area contributed by atoms with Crippen LogP contribution in [0, 0.1) is 24.6 Å². The number of anilines is 4. The number of benzene rings is 2. The average molecular weight is 701 g/mol. The molecule has 0 bridgehead atoms. The lowest BCUT2D eigenvalue weighted by Gasteiger charge is -2.21. The molecule has 0 saturated carbocycles. The van der Waals surface area contributed by atoms with Gasteiger partial charge in [-0.15, -0.1) is 21.5 Å². The van der Waals surface area contributed by atoms with Crippen molar-refractivity contribution in [1.29, 1.82) is 0 Å². The van der Waals surface area contributed by atoms with E-state index in [1.165, 1.54) is 28.7 Å². The van der Waals surface area contributed by atoms with Crippen molar-refractivity contribution < 1.29 is 19.0 Å². The molecule has 0 atom stereocenters. The number of halogens is 1. The second-order valence-corrected chi connectivity index (χ2v) is 13.1. The van der Waals surface area contributed by atoms with Crippen LogP contribution in [-0.2, 0) is 6.42 Å². The van der Waals surface area contributed by atoms with Crippen molar-refractivity contribution in [2.75, 3.05) is 50.6 Å². The Morgan fingerprint density at radius 1 is 1.14 bits per heavy atom. The molecule has 0 amide bonds.